The monoisotopic (exact) mass is 386 g/mol. The Bertz CT molecular complexity index is 859. The van der Waals surface area contributed by atoms with E-state index in [1.165, 1.54) is 0 Å². The highest BCUT2D eigenvalue weighted by Crippen LogP contribution is 2.26. The summed E-state index contributed by atoms with van der Waals surface area (Å²) in [4.78, 5) is 8.18. The SMILES string of the molecule is Cc1cnc(Cl)nc1Cc1ccc(Cl)c(CS(=O)(=O)C(C)(C)C)c1. The van der Waals surface area contributed by atoms with E-state index in [-0.39, 0.29) is 11.0 Å². The fourth-order valence-corrected chi connectivity index (χ4v) is 3.59. The molecule has 1 heterocycles. The number of sulfone groups is 1. The van der Waals surface area contributed by atoms with Gasteiger partial charge in [0.25, 0.3) is 0 Å². The van der Waals surface area contributed by atoms with Gasteiger partial charge in [0.15, 0.2) is 9.84 Å². The van der Waals surface area contributed by atoms with Crippen molar-refractivity contribution in [1.29, 1.82) is 0 Å². The molecule has 0 spiro atoms. The van der Waals surface area contributed by atoms with Crippen LogP contribution < -0.4 is 0 Å². The molecular weight excluding hydrogens is 367 g/mol. The third-order valence-corrected chi connectivity index (χ3v) is 6.92. The molecule has 0 N–H and O–H groups in total. The number of rotatable bonds is 4. The fraction of sp³-hybridized carbons (Fsp3) is 0.412. The summed E-state index contributed by atoms with van der Waals surface area (Å²) in [6.45, 7) is 6.97. The number of aryl methyl sites for hydroxylation is 1. The lowest BCUT2D eigenvalue weighted by molar-refractivity contribution is 0.559. The predicted octanol–water partition coefficient (Wildman–Crippen LogP) is 4.40. The van der Waals surface area contributed by atoms with Gasteiger partial charge in [-0.2, -0.15) is 0 Å². The molecule has 0 bridgehead atoms. The molecule has 4 nitrogen and oxygen atoms in total. The third kappa shape index (κ3) is 4.47. The second-order valence-electron chi connectivity index (χ2n) is 6.74. The van der Waals surface area contributed by atoms with Crippen LogP contribution in [0.25, 0.3) is 0 Å². The molecule has 1 aromatic heterocycles. The van der Waals surface area contributed by atoms with Crippen molar-refractivity contribution in [2.45, 2.75) is 44.6 Å². The van der Waals surface area contributed by atoms with Crippen molar-refractivity contribution < 1.29 is 8.42 Å². The summed E-state index contributed by atoms with van der Waals surface area (Å²) in [5, 5.41) is 0.643. The highest BCUT2D eigenvalue weighted by molar-refractivity contribution is 7.91. The third-order valence-electron chi connectivity index (χ3n) is 3.81. The number of nitrogens with zero attached hydrogens (tertiary/aromatic N) is 2. The maximum Gasteiger partial charge on any atom is 0.222 e. The summed E-state index contributed by atoms with van der Waals surface area (Å²) in [6.07, 6.45) is 2.21. The molecular formula is C17H20Cl2N2O2S. The Morgan fingerprint density at radius 2 is 1.83 bits per heavy atom. The van der Waals surface area contributed by atoms with Crippen molar-refractivity contribution in [3.63, 3.8) is 0 Å². The molecule has 130 valence electrons. The average Bonchev–Trinajstić information content (AvgIpc) is 2.45. The zero-order valence-electron chi connectivity index (χ0n) is 14.1. The number of hydrogen-bond acceptors (Lipinski definition) is 4. The van der Waals surface area contributed by atoms with Gasteiger partial charge in [0, 0.05) is 17.6 Å². The molecule has 0 aliphatic heterocycles. The van der Waals surface area contributed by atoms with Crippen molar-refractivity contribution in [3.05, 3.63) is 57.1 Å². The summed E-state index contributed by atoms with van der Waals surface area (Å²) < 4.78 is 24.1. The van der Waals surface area contributed by atoms with Crippen molar-refractivity contribution >= 4 is 33.0 Å². The Morgan fingerprint density at radius 3 is 2.46 bits per heavy atom. The summed E-state index contributed by atoms with van der Waals surface area (Å²) in [5.74, 6) is -0.0906. The minimum atomic E-state index is -3.31. The van der Waals surface area contributed by atoms with E-state index in [9.17, 15) is 8.42 Å². The Labute approximate surface area is 153 Å². The maximum absolute atomic E-state index is 12.4. The molecule has 7 heteroatoms. The van der Waals surface area contributed by atoms with Crippen LogP contribution in [0.15, 0.2) is 24.4 Å². The van der Waals surface area contributed by atoms with Gasteiger partial charge < -0.3 is 0 Å². The van der Waals surface area contributed by atoms with Gasteiger partial charge in [0.2, 0.25) is 5.28 Å². The van der Waals surface area contributed by atoms with E-state index in [1.54, 1.807) is 33.0 Å². The van der Waals surface area contributed by atoms with Crippen LogP contribution in [0.1, 0.15) is 43.2 Å². The van der Waals surface area contributed by atoms with Gasteiger partial charge in [-0.3, -0.25) is 0 Å². The quantitative estimate of drug-likeness (QED) is 0.730. The molecule has 0 aliphatic rings. The lowest BCUT2D eigenvalue weighted by Gasteiger charge is -2.20. The van der Waals surface area contributed by atoms with Crippen molar-refractivity contribution in [3.8, 4) is 0 Å². The van der Waals surface area contributed by atoms with E-state index in [4.69, 9.17) is 23.2 Å². The molecule has 2 aromatic rings. The second kappa shape index (κ2) is 6.98. The zero-order chi connectivity index (χ0) is 18.1. The van der Waals surface area contributed by atoms with Crippen molar-refractivity contribution in [2.75, 3.05) is 0 Å². The van der Waals surface area contributed by atoms with E-state index in [1.807, 2.05) is 19.1 Å². The molecule has 0 atom stereocenters. The topological polar surface area (TPSA) is 59.9 Å². The Morgan fingerprint density at radius 1 is 1.17 bits per heavy atom. The lowest BCUT2D eigenvalue weighted by Crippen LogP contribution is -2.29. The molecule has 0 aliphatic carbocycles. The van der Waals surface area contributed by atoms with Crippen LogP contribution in [-0.2, 0) is 22.0 Å². The molecule has 0 saturated carbocycles. The molecule has 0 unspecified atom stereocenters. The van der Waals surface area contributed by atoms with Gasteiger partial charge in [-0.05, 0) is 62.1 Å². The first-order valence-electron chi connectivity index (χ1n) is 7.47. The molecule has 0 radical (unpaired) electrons. The maximum atomic E-state index is 12.4. The minimum Gasteiger partial charge on any atom is -0.228 e. The van der Waals surface area contributed by atoms with Crippen LogP contribution in [0.3, 0.4) is 0 Å². The van der Waals surface area contributed by atoms with Crippen LogP contribution in [0.4, 0.5) is 0 Å². The zero-order valence-corrected chi connectivity index (χ0v) is 16.4. The number of halogens is 2. The molecule has 0 amide bonds. The van der Waals surface area contributed by atoms with E-state index >= 15 is 0 Å². The minimum absolute atomic E-state index is 0.0906. The molecule has 0 fully saturated rings. The van der Waals surface area contributed by atoms with Gasteiger partial charge in [-0.25, -0.2) is 18.4 Å². The van der Waals surface area contributed by atoms with Crippen molar-refractivity contribution in [2.24, 2.45) is 0 Å². The largest absolute Gasteiger partial charge is 0.228 e. The van der Waals surface area contributed by atoms with Crippen LogP contribution >= 0.6 is 23.2 Å². The molecule has 0 saturated heterocycles. The Hall–Kier alpha value is -1.17. The van der Waals surface area contributed by atoms with Gasteiger partial charge in [0.05, 0.1) is 16.2 Å². The predicted molar refractivity (Wildman–Crippen MR) is 98.4 cm³/mol. The summed E-state index contributed by atoms with van der Waals surface area (Å²) in [6, 6.07) is 5.41. The summed E-state index contributed by atoms with van der Waals surface area (Å²) in [7, 11) is -3.31. The Kier molecular flexibility index (Phi) is 5.57. The van der Waals surface area contributed by atoms with Gasteiger partial charge in [-0.15, -0.1) is 0 Å². The van der Waals surface area contributed by atoms with E-state index < -0.39 is 14.6 Å². The molecule has 1 aromatic carbocycles. The lowest BCUT2D eigenvalue weighted by atomic mass is 10.0. The van der Waals surface area contributed by atoms with Crippen LogP contribution in [0.2, 0.25) is 10.3 Å². The van der Waals surface area contributed by atoms with Gasteiger partial charge in [0.1, 0.15) is 0 Å². The van der Waals surface area contributed by atoms with Crippen LogP contribution in [-0.4, -0.2) is 23.1 Å². The summed E-state index contributed by atoms with van der Waals surface area (Å²) >= 11 is 12.1. The van der Waals surface area contributed by atoms with Crippen LogP contribution in [0, 0.1) is 6.92 Å². The fourth-order valence-electron chi connectivity index (χ4n) is 2.10. The van der Waals surface area contributed by atoms with E-state index in [0.717, 1.165) is 16.8 Å². The number of hydrogen-bond donors (Lipinski definition) is 0. The van der Waals surface area contributed by atoms with Crippen molar-refractivity contribution in [1.82, 2.24) is 9.97 Å². The van der Waals surface area contributed by atoms with Gasteiger partial charge in [-0.1, -0.05) is 23.7 Å². The molecule has 24 heavy (non-hydrogen) atoms. The Balaban J connectivity index is 2.34. The first-order valence-corrected chi connectivity index (χ1v) is 9.88. The molecule has 2 rings (SSSR count). The first-order chi connectivity index (χ1) is 11.0. The number of aromatic nitrogens is 2. The second-order valence-corrected chi connectivity index (χ2v) is 10.2. The van der Waals surface area contributed by atoms with Crippen LogP contribution in [0.5, 0.6) is 0 Å². The first kappa shape index (κ1) is 19.2. The normalized spacial score (nSPS) is 12.4. The number of benzene rings is 1. The highest BCUT2D eigenvalue weighted by Gasteiger charge is 2.29. The highest BCUT2D eigenvalue weighted by atomic mass is 35.5. The standard InChI is InChI=1S/C17H20Cl2N2O2S/c1-11-9-20-16(19)21-15(11)8-12-5-6-14(18)13(7-12)10-24(22,23)17(2,3)4/h5-7,9H,8,10H2,1-4H3. The van der Waals surface area contributed by atoms with E-state index in [2.05, 4.69) is 9.97 Å². The average molecular weight is 387 g/mol. The summed E-state index contributed by atoms with van der Waals surface area (Å²) in [5.41, 5.74) is 3.26. The smallest absolute Gasteiger partial charge is 0.222 e. The van der Waals surface area contributed by atoms with E-state index in [0.29, 0.717) is 17.0 Å². The van der Waals surface area contributed by atoms with Gasteiger partial charge >= 0.3 is 0 Å².